The van der Waals surface area contributed by atoms with E-state index in [2.05, 4.69) is 10.6 Å². The van der Waals surface area contributed by atoms with Gasteiger partial charge >= 0.3 is 0 Å². The number of hydrogen-bond acceptors (Lipinski definition) is 3. The molecule has 0 atom stereocenters. The van der Waals surface area contributed by atoms with Crippen molar-refractivity contribution in [2.24, 2.45) is 5.73 Å². The Morgan fingerprint density at radius 1 is 1.40 bits per heavy atom. The first-order chi connectivity index (χ1) is 7.19. The number of rotatable bonds is 5. The summed E-state index contributed by atoms with van der Waals surface area (Å²) < 4.78 is 0. The zero-order valence-corrected chi connectivity index (χ0v) is 9.13. The van der Waals surface area contributed by atoms with Crippen molar-refractivity contribution in [3.63, 3.8) is 0 Å². The Kier molecular flexibility index (Phi) is 4.12. The van der Waals surface area contributed by atoms with E-state index in [1.165, 1.54) is 0 Å². The largest absolute Gasteiger partial charge is 0.388 e. The van der Waals surface area contributed by atoms with Gasteiger partial charge < -0.3 is 16.4 Å². The van der Waals surface area contributed by atoms with Crippen LogP contribution in [-0.2, 0) is 17.8 Å². The molecule has 0 saturated carbocycles. The van der Waals surface area contributed by atoms with Crippen LogP contribution in [0.3, 0.4) is 0 Å². The summed E-state index contributed by atoms with van der Waals surface area (Å²) in [7, 11) is 3.74. The van der Waals surface area contributed by atoms with E-state index >= 15 is 0 Å². The summed E-state index contributed by atoms with van der Waals surface area (Å²) in [4.78, 5) is 10.9. The number of carbonyl (C=O) groups is 1. The predicted octanol–water partition coefficient (Wildman–Crippen LogP) is 0.475. The van der Waals surface area contributed by atoms with Crippen LogP contribution in [-0.4, -0.2) is 20.0 Å². The molecule has 1 aromatic carbocycles. The fourth-order valence-electron chi connectivity index (χ4n) is 1.61. The summed E-state index contributed by atoms with van der Waals surface area (Å²) >= 11 is 0. The van der Waals surface area contributed by atoms with Crippen LogP contribution in [0.5, 0.6) is 0 Å². The van der Waals surface area contributed by atoms with E-state index in [4.69, 9.17) is 5.73 Å². The van der Waals surface area contributed by atoms with Crippen LogP contribution < -0.4 is 16.4 Å². The van der Waals surface area contributed by atoms with Crippen molar-refractivity contribution < 1.29 is 4.79 Å². The third-order valence-corrected chi connectivity index (χ3v) is 2.26. The Balaban J connectivity index is 3.06. The van der Waals surface area contributed by atoms with Crippen molar-refractivity contribution in [2.45, 2.75) is 13.0 Å². The summed E-state index contributed by atoms with van der Waals surface area (Å²) in [6.45, 7) is 0.722. The molecule has 0 heterocycles. The Bertz CT molecular complexity index is 350. The molecule has 0 spiro atoms. The van der Waals surface area contributed by atoms with Crippen molar-refractivity contribution >= 4 is 11.6 Å². The van der Waals surface area contributed by atoms with Crippen molar-refractivity contribution in [3.8, 4) is 0 Å². The minimum atomic E-state index is -0.305. The summed E-state index contributed by atoms with van der Waals surface area (Å²) in [6, 6.07) is 5.83. The number of benzene rings is 1. The predicted molar refractivity (Wildman–Crippen MR) is 61.7 cm³/mol. The molecule has 1 aromatic rings. The van der Waals surface area contributed by atoms with Gasteiger partial charge in [0.2, 0.25) is 5.91 Å². The van der Waals surface area contributed by atoms with Gasteiger partial charge in [-0.15, -0.1) is 0 Å². The fraction of sp³-hybridized carbons (Fsp3) is 0.364. The maximum atomic E-state index is 10.9. The van der Waals surface area contributed by atoms with Gasteiger partial charge in [0.05, 0.1) is 6.42 Å². The molecule has 0 bridgehead atoms. The molecule has 4 nitrogen and oxygen atoms in total. The van der Waals surface area contributed by atoms with E-state index < -0.39 is 0 Å². The molecule has 1 amide bonds. The van der Waals surface area contributed by atoms with Gasteiger partial charge in [-0.25, -0.2) is 0 Å². The maximum Gasteiger partial charge on any atom is 0.221 e. The minimum absolute atomic E-state index is 0.284. The second-order valence-electron chi connectivity index (χ2n) is 3.37. The van der Waals surface area contributed by atoms with Gasteiger partial charge in [-0.1, -0.05) is 12.1 Å². The SMILES string of the molecule is CNCc1c(CC(N)=O)cccc1NC. The van der Waals surface area contributed by atoms with Crippen molar-refractivity contribution in [1.29, 1.82) is 0 Å². The summed E-state index contributed by atoms with van der Waals surface area (Å²) in [5, 5.41) is 6.18. The average Bonchev–Trinajstić information content (AvgIpc) is 2.20. The molecule has 4 heteroatoms. The minimum Gasteiger partial charge on any atom is -0.388 e. The van der Waals surface area contributed by atoms with E-state index in [-0.39, 0.29) is 12.3 Å². The standard InChI is InChI=1S/C11H17N3O/c1-13-7-9-8(6-11(12)15)4-3-5-10(9)14-2/h3-5,13-14H,6-7H2,1-2H3,(H2,12,15). The van der Waals surface area contributed by atoms with E-state index in [1.54, 1.807) is 0 Å². The smallest absolute Gasteiger partial charge is 0.221 e. The highest BCUT2D eigenvalue weighted by atomic mass is 16.1. The van der Waals surface area contributed by atoms with Crippen LogP contribution in [0.2, 0.25) is 0 Å². The van der Waals surface area contributed by atoms with Crippen LogP contribution in [0.1, 0.15) is 11.1 Å². The van der Waals surface area contributed by atoms with Crippen LogP contribution in [0.4, 0.5) is 5.69 Å². The van der Waals surface area contributed by atoms with Crippen molar-refractivity contribution in [1.82, 2.24) is 5.32 Å². The van der Waals surface area contributed by atoms with Crippen molar-refractivity contribution in [3.05, 3.63) is 29.3 Å². The van der Waals surface area contributed by atoms with Gasteiger partial charge in [0.15, 0.2) is 0 Å². The Morgan fingerprint density at radius 3 is 2.67 bits per heavy atom. The molecule has 0 aliphatic rings. The van der Waals surface area contributed by atoms with Crippen molar-refractivity contribution in [2.75, 3.05) is 19.4 Å². The lowest BCUT2D eigenvalue weighted by Crippen LogP contribution is -2.17. The van der Waals surface area contributed by atoms with Gasteiger partial charge in [0, 0.05) is 19.3 Å². The molecule has 0 unspecified atom stereocenters. The zero-order valence-electron chi connectivity index (χ0n) is 9.13. The second-order valence-corrected chi connectivity index (χ2v) is 3.37. The lowest BCUT2D eigenvalue weighted by Gasteiger charge is -2.13. The summed E-state index contributed by atoms with van der Waals surface area (Å²) in [6.07, 6.45) is 0.284. The molecule has 0 saturated heterocycles. The molecule has 0 aromatic heterocycles. The van der Waals surface area contributed by atoms with Gasteiger partial charge in [0.1, 0.15) is 0 Å². The Hall–Kier alpha value is -1.55. The number of hydrogen-bond donors (Lipinski definition) is 3. The molecule has 15 heavy (non-hydrogen) atoms. The quantitative estimate of drug-likeness (QED) is 0.657. The van der Waals surface area contributed by atoms with Crippen LogP contribution in [0, 0.1) is 0 Å². The Morgan fingerprint density at radius 2 is 2.13 bits per heavy atom. The number of nitrogens with two attached hydrogens (primary N) is 1. The lowest BCUT2D eigenvalue weighted by atomic mass is 10.0. The van der Waals surface area contributed by atoms with Gasteiger partial charge in [-0.2, -0.15) is 0 Å². The highest BCUT2D eigenvalue weighted by Gasteiger charge is 2.08. The molecular weight excluding hydrogens is 190 g/mol. The normalized spacial score (nSPS) is 10.0. The summed E-state index contributed by atoms with van der Waals surface area (Å²) in [5.74, 6) is -0.305. The first-order valence-corrected chi connectivity index (χ1v) is 4.90. The zero-order chi connectivity index (χ0) is 11.3. The monoisotopic (exact) mass is 207 g/mol. The number of primary amides is 1. The topological polar surface area (TPSA) is 67.1 Å². The number of carbonyl (C=O) groups excluding carboxylic acids is 1. The van der Waals surface area contributed by atoms with Gasteiger partial charge in [-0.3, -0.25) is 4.79 Å². The fourth-order valence-corrected chi connectivity index (χ4v) is 1.61. The Labute approximate surface area is 89.9 Å². The average molecular weight is 207 g/mol. The third kappa shape index (κ3) is 2.95. The van der Waals surface area contributed by atoms with E-state index in [0.717, 1.165) is 23.4 Å². The maximum absolute atomic E-state index is 10.9. The molecule has 4 N–H and O–H groups in total. The molecule has 1 rings (SSSR count). The van der Waals surface area contributed by atoms with Crippen LogP contribution in [0.25, 0.3) is 0 Å². The number of anilines is 1. The first kappa shape index (κ1) is 11.5. The van der Waals surface area contributed by atoms with E-state index in [9.17, 15) is 4.79 Å². The second kappa shape index (κ2) is 5.36. The molecule has 0 aliphatic carbocycles. The summed E-state index contributed by atoms with van der Waals surface area (Å²) in [5.41, 5.74) is 8.31. The molecule has 0 radical (unpaired) electrons. The van der Waals surface area contributed by atoms with E-state index in [0.29, 0.717) is 0 Å². The third-order valence-electron chi connectivity index (χ3n) is 2.26. The lowest BCUT2D eigenvalue weighted by molar-refractivity contribution is -0.117. The molecule has 0 fully saturated rings. The van der Waals surface area contributed by atoms with Gasteiger partial charge in [0.25, 0.3) is 0 Å². The highest BCUT2D eigenvalue weighted by Crippen LogP contribution is 2.19. The number of amides is 1. The van der Waals surface area contributed by atoms with Crippen LogP contribution >= 0.6 is 0 Å². The van der Waals surface area contributed by atoms with Crippen LogP contribution in [0.15, 0.2) is 18.2 Å². The number of nitrogens with one attached hydrogen (secondary N) is 2. The molecule has 0 aliphatic heterocycles. The molecular formula is C11H17N3O. The van der Waals surface area contributed by atoms with Gasteiger partial charge in [-0.05, 0) is 24.2 Å². The highest BCUT2D eigenvalue weighted by molar-refractivity contribution is 5.77. The molecule has 82 valence electrons. The van der Waals surface area contributed by atoms with E-state index in [1.807, 2.05) is 32.3 Å². The first-order valence-electron chi connectivity index (χ1n) is 4.90.